The summed E-state index contributed by atoms with van der Waals surface area (Å²) in [5.41, 5.74) is 1.000. The van der Waals surface area contributed by atoms with E-state index >= 15 is 0 Å². The van der Waals surface area contributed by atoms with Gasteiger partial charge < -0.3 is 5.11 Å². The zero-order valence-corrected chi connectivity index (χ0v) is 10.2. The van der Waals surface area contributed by atoms with Gasteiger partial charge in [-0.15, -0.1) is 0 Å². The fraction of sp³-hybridized carbons (Fsp3) is 0.455. The average Bonchev–Trinajstić information content (AvgIpc) is 2.22. The predicted octanol–water partition coefficient (Wildman–Crippen LogP) is 2.81. The van der Waals surface area contributed by atoms with E-state index in [1.54, 1.807) is 12.1 Å². The van der Waals surface area contributed by atoms with Crippen molar-refractivity contribution in [1.82, 2.24) is 4.90 Å². The first-order valence-corrected chi connectivity index (χ1v) is 5.70. The van der Waals surface area contributed by atoms with Gasteiger partial charge in [0, 0.05) is 23.1 Å². The third-order valence-electron chi connectivity index (χ3n) is 2.27. The molecular weight excluding hydrogens is 233 g/mol. The first kappa shape index (κ1) is 12.8. The Kier molecular flexibility index (Phi) is 5.40. The van der Waals surface area contributed by atoms with E-state index in [0.717, 1.165) is 23.7 Å². The van der Waals surface area contributed by atoms with Gasteiger partial charge in [-0.25, -0.2) is 0 Å². The van der Waals surface area contributed by atoms with E-state index < -0.39 is 0 Å². The number of aliphatic hydroxyl groups excluding tert-OH is 1. The fourth-order valence-electron chi connectivity index (χ4n) is 1.40. The van der Waals surface area contributed by atoms with Crippen LogP contribution < -0.4 is 0 Å². The quantitative estimate of drug-likeness (QED) is 0.866. The molecule has 15 heavy (non-hydrogen) atoms. The summed E-state index contributed by atoms with van der Waals surface area (Å²) in [5, 5.41) is 10.3. The summed E-state index contributed by atoms with van der Waals surface area (Å²) < 4.78 is 0. The molecule has 2 nitrogen and oxygen atoms in total. The van der Waals surface area contributed by atoms with E-state index in [9.17, 15) is 0 Å². The molecule has 0 saturated heterocycles. The summed E-state index contributed by atoms with van der Waals surface area (Å²) in [4.78, 5) is 2.11. The summed E-state index contributed by atoms with van der Waals surface area (Å²) >= 11 is 11.9. The van der Waals surface area contributed by atoms with Crippen molar-refractivity contribution in [3.8, 4) is 0 Å². The van der Waals surface area contributed by atoms with Crippen molar-refractivity contribution in [3.63, 3.8) is 0 Å². The maximum absolute atomic E-state index is 8.87. The Labute approximate surface area is 100 Å². The van der Waals surface area contributed by atoms with Crippen molar-refractivity contribution in [1.29, 1.82) is 0 Å². The molecule has 4 heteroatoms. The number of benzene rings is 1. The molecule has 1 aromatic carbocycles. The molecule has 0 bridgehead atoms. The van der Waals surface area contributed by atoms with E-state index in [1.165, 1.54) is 0 Å². The van der Waals surface area contributed by atoms with Gasteiger partial charge in [-0.1, -0.05) is 30.1 Å². The van der Waals surface area contributed by atoms with Gasteiger partial charge in [0.25, 0.3) is 0 Å². The Bertz CT molecular complexity index is 317. The number of hydrogen-bond acceptors (Lipinski definition) is 2. The van der Waals surface area contributed by atoms with Gasteiger partial charge in [-0.3, -0.25) is 4.90 Å². The summed E-state index contributed by atoms with van der Waals surface area (Å²) in [6, 6.07) is 5.44. The molecule has 0 atom stereocenters. The number of rotatable bonds is 5. The van der Waals surface area contributed by atoms with Crippen LogP contribution in [-0.2, 0) is 6.54 Å². The van der Waals surface area contributed by atoms with Gasteiger partial charge in [0.05, 0.1) is 6.61 Å². The smallest absolute Gasteiger partial charge is 0.0558 e. The maximum Gasteiger partial charge on any atom is 0.0558 e. The summed E-state index contributed by atoms with van der Waals surface area (Å²) in [5.74, 6) is 0. The molecule has 0 spiro atoms. The molecule has 0 heterocycles. The van der Waals surface area contributed by atoms with Crippen molar-refractivity contribution >= 4 is 23.2 Å². The van der Waals surface area contributed by atoms with Crippen LogP contribution in [0.2, 0.25) is 10.0 Å². The van der Waals surface area contributed by atoms with Crippen LogP contribution in [0.3, 0.4) is 0 Å². The normalized spacial score (nSPS) is 11.0. The Morgan fingerprint density at radius 2 is 2.07 bits per heavy atom. The molecule has 0 aliphatic rings. The van der Waals surface area contributed by atoms with E-state index in [0.29, 0.717) is 11.6 Å². The van der Waals surface area contributed by atoms with Gasteiger partial charge >= 0.3 is 0 Å². The van der Waals surface area contributed by atoms with Gasteiger partial charge in [-0.05, 0) is 30.3 Å². The van der Waals surface area contributed by atoms with Crippen molar-refractivity contribution in [2.24, 2.45) is 0 Å². The third-order valence-corrected chi connectivity index (χ3v) is 2.87. The van der Waals surface area contributed by atoms with Crippen LogP contribution >= 0.6 is 23.2 Å². The highest BCUT2D eigenvalue weighted by Gasteiger charge is 2.06. The lowest BCUT2D eigenvalue weighted by Crippen LogP contribution is -2.26. The zero-order chi connectivity index (χ0) is 11.3. The van der Waals surface area contributed by atoms with E-state index in [2.05, 4.69) is 4.90 Å². The zero-order valence-electron chi connectivity index (χ0n) is 8.71. The minimum Gasteiger partial charge on any atom is -0.395 e. The van der Waals surface area contributed by atoms with Crippen LogP contribution in [0.4, 0.5) is 0 Å². The standard InChI is InChI=1S/C11H15Cl2NO/c1-2-14(5-6-15)8-9-7-10(12)3-4-11(9)13/h3-4,7,15H,2,5-6,8H2,1H3. The molecular formula is C11H15Cl2NO. The molecule has 0 radical (unpaired) electrons. The van der Waals surface area contributed by atoms with Crippen molar-refractivity contribution in [2.45, 2.75) is 13.5 Å². The highest BCUT2D eigenvalue weighted by Crippen LogP contribution is 2.21. The lowest BCUT2D eigenvalue weighted by Gasteiger charge is -2.19. The monoisotopic (exact) mass is 247 g/mol. The molecule has 0 fully saturated rings. The second-order valence-corrected chi connectivity index (χ2v) is 4.17. The van der Waals surface area contributed by atoms with Crippen LogP contribution in [0, 0.1) is 0 Å². The largest absolute Gasteiger partial charge is 0.395 e. The second kappa shape index (κ2) is 6.33. The summed E-state index contributed by atoms with van der Waals surface area (Å²) in [7, 11) is 0. The van der Waals surface area contributed by atoms with Gasteiger partial charge in [0.15, 0.2) is 0 Å². The highest BCUT2D eigenvalue weighted by atomic mass is 35.5. The number of hydrogen-bond donors (Lipinski definition) is 1. The first-order chi connectivity index (χ1) is 7.17. The van der Waals surface area contributed by atoms with E-state index in [1.807, 2.05) is 13.0 Å². The minimum absolute atomic E-state index is 0.159. The van der Waals surface area contributed by atoms with Gasteiger partial charge in [0.1, 0.15) is 0 Å². The second-order valence-electron chi connectivity index (χ2n) is 3.33. The van der Waals surface area contributed by atoms with Crippen molar-refractivity contribution in [2.75, 3.05) is 19.7 Å². The van der Waals surface area contributed by atoms with Gasteiger partial charge in [-0.2, -0.15) is 0 Å². The van der Waals surface area contributed by atoms with Crippen LogP contribution in [0.1, 0.15) is 12.5 Å². The van der Waals surface area contributed by atoms with Gasteiger partial charge in [0.2, 0.25) is 0 Å². The highest BCUT2D eigenvalue weighted by molar-refractivity contribution is 6.33. The molecule has 1 N–H and O–H groups in total. The van der Waals surface area contributed by atoms with Crippen LogP contribution in [0.15, 0.2) is 18.2 Å². The molecule has 1 aromatic rings. The number of likely N-dealkylation sites (N-methyl/N-ethyl adjacent to an activating group) is 1. The molecule has 0 amide bonds. The third kappa shape index (κ3) is 3.99. The average molecular weight is 248 g/mol. The minimum atomic E-state index is 0.159. The number of nitrogens with zero attached hydrogens (tertiary/aromatic N) is 1. The van der Waals surface area contributed by atoms with E-state index in [-0.39, 0.29) is 6.61 Å². The Balaban J connectivity index is 2.73. The summed E-state index contributed by atoms with van der Waals surface area (Å²) in [6.07, 6.45) is 0. The van der Waals surface area contributed by atoms with Crippen LogP contribution in [0.25, 0.3) is 0 Å². The Morgan fingerprint density at radius 1 is 1.33 bits per heavy atom. The van der Waals surface area contributed by atoms with Crippen molar-refractivity contribution in [3.05, 3.63) is 33.8 Å². The lowest BCUT2D eigenvalue weighted by atomic mass is 10.2. The van der Waals surface area contributed by atoms with Crippen LogP contribution in [-0.4, -0.2) is 29.7 Å². The molecule has 1 rings (SSSR count). The molecule has 0 saturated carbocycles. The van der Waals surface area contributed by atoms with Crippen LogP contribution in [0.5, 0.6) is 0 Å². The SMILES string of the molecule is CCN(CCO)Cc1cc(Cl)ccc1Cl. The fourth-order valence-corrected chi connectivity index (χ4v) is 1.77. The van der Waals surface area contributed by atoms with Crippen molar-refractivity contribution < 1.29 is 5.11 Å². The number of aliphatic hydroxyl groups is 1. The first-order valence-electron chi connectivity index (χ1n) is 4.94. The molecule has 84 valence electrons. The molecule has 0 unspecified atom stereocenters. The number of halogens is 2. The van der Waals surface area contributed by atoms with E-state index in [4.69, 9.17) is 28.3 Å². The molecule has 0 aliphatic carbocycles. The molecule has 0 aliphatic heterocycles. The predicted molar refractivity (Wildman–Crippen MR) is 64.5 cm³/mol. The molecule has 0 aromatic heterocycles. The maximum atomic E-state index is 8.87. The summed E-state index contributed by atoms with van der Waals surface area (Å²) in [6.45, 7) is 4.46. The lowest BCUT2D eigenvalue weighted by molar-refractivity contribution is 0.197. The topological polar surface area (TPSA) is 23.5 Å². The Hall–Kier alpha value is -0.280. The Morgan fingerprint density at radius 3 is 2.67 bits per heavy atom.